The molecule has 0 saturated carbocycles. The Bertz CT molecular complexity index is 933. The van der Waals surface area contributed by atoms with Crippen LogP contribution in [0.5, 0.6) is 5.75 Å². The fourth-order valence-electron chi connectivity index (χ4n) is 2.24. The van der Waals surface area contributed by atoms with E-state index in [-0.39, 0.29) is 16.8 Å². The number of benzene rings is 2. The molecule has 1 atom stereocenters. The highest BCUT2D eigenvalue weighted by atomic mass is 32.1. The van der Waals surface area contributed by atoms with Crippen LogP contribution in [0.15, 0.2) is 42.5 Å². The molecule has 2 aromatic rings. The highest BCUT2D eigenvalue weighted by Gasteiger charge is 2.20. The topological polar surface area (TPSA) is 137 Å². The van der Waals surface area contributed by atoms with Gasteiger partial charge < -0.3 is 10.1 Å². The first-order valence-corrected chi connectivity index (χ1v) is 8.93. The van der Waals surface area contributed by atoms with Gasteiger partial charge in [-0.3, -0.25) is 30.3 Å². The molecular formula is C18H18N4O6S. The normalized spacial score (nSPS) is 11.2. The quantitative estimate of drug-likeness (QED) is 0.393. The minimum atomic E-state index is -0.818. The van der Waals surface area contributed by atoms with E-state index in [2.05, 4.69) is 10.6 Å². The Labute approximate surface area is 171 Å². The molecular weight excluding hydrogens is 400 g/mol. The Morgan fingerprint density at radius 3 is 2.31 bits per heavy atom. The second kappa shape index (κ2) is 9.55. The van der Waals surface area contributed by atoms with Crippen molar-refractivity contribution in [2.75, 3.05) is 5.32 Å². The summed E-state index contributed by atoms with van der Waals surface area (Å²) in [4.78, 5) is 32.6. The molecule has 2 N–H and O–H groups in total. The van der Waals surface area contributed by atoms with Gasteiger partial charge in [0.2, 0.25) is 0 Å². The van der Waals surface area contributed by atoms with Crippen LogP contribution in [-0.2, 0) is 0 Å². The molecule has 1 amide bonds. The predicted octanol–water partition coefficient (Wildman–Crippen LogP) is 3.81. The van der Waals surface area contributed by atoms with Crippen LogP contribution < -0.4 is 15.4 Å². The van der Waals surface area contributed by atoms with E-state index < -0.39 is 27.1 Å². The average Bonchev–Trinajstić information content (AvgIpc) is 2.67. The number of carbonyl (C=O) groups excluding carboxylic acids is 1. The average molecular weight is 418 g/mol. The summed E-state index contributed by atoms with van der Waals surface area (Å²) >= 11 is 5.08. The van der Waals surface area contributed by atoms with Gasteiger partial charge in [0.1, 0.15) is 5.75 Å². The third-order valence-electron chi connectivity index (χ3n) is 3.82. The Balaban J connectivity index is 2.11. The van der Waals surface area contributed by atoms with Crippen LogP contribution in [0.25, 0.3) is 0 Å². The molecule has 0 bridgehead atoms. The Hall–Kier alpha value is -3.60. The van der Waals surface area contributed by atoms with Gasteiger partial charge in [-0.1, -0.05) is 13.0 Å². The van der Waals surface area contributed by atoms with Crippen molar-refractivity contribution in [1.82, 2.24) is 5.32 Å². The maximum absolute atomic E-state index is 12.3. The summed E-state index contributed by atoms with van der Waals surface area (Å²) < 4.78 is 5.71. The summed E-state index contributed by atoms with van der Waals surface area (Å²) in [5, 5.41) is 27.0. The SMILES string of the molecule is CCC(C)Oc1cccc(NC(=S)NC(=O)c2cc([N+](=O)[O-])cc([N+](=O)[O-])c2)c1. The number of hydrogen-bond donors (Lipinski definition) is 2. The number of hydrogen-bond acceptors (Lipinski definition) is 7. The number of nitro benzene ring substituents is 2. The van der Waals surface area contributed by atoms with Gasteiger partial charge in [-0.2, -0.15) is 0 Å². The number of nitrogens with zero attached hydrogens (tertiary/aromatic N) is 2. The van der Waals surface area contributed by atoms with E-state index in [9.17, 15) is 25.0 Å². The first kappa shape index (κ1) is 21.7. The molecule has 0 aliphatic heterocycles. The zero-order valence-electron chi connectivity index (χ0n) is 15.6. The molecule has 152 valence electrons. The number of carbonyl (C=O) groups is 1. The highest BCUT2D eigenvalue weighted by Crippen LogP contribution is 2.23. The summed E-state index contributed by atoms with van der Waals surface area (Å²) in [6.07, 6.45) is 0.864. The number of anilines is 1. The van der Waals surface area contributed by atoms with Crippen LogP contribution in [0.2, 0.25) is 0 Å². The van der Waals surface area contributed by atoms with Gasteiger partial charge in [-0.05, 0) is 37.7 Å². The van der Waals surface area contributed by atoms with Crippen molar-refractivity contribution >= 4 is 40.3 Å². The smallest absolute Gasteiger partial charge is 0.277 e. The Morgan fingerprint density at radius 2 is 1.76 bits per heavy atom. The molecule has 11 heteroatoms. The number of rotatable bonds is 7. The molecule has 0 aliphatic carbocycles. The van der Waals surface area contributed by atoms with Gasteiger partial charge >= 0.3 is 0 Å². The van der Waals surface area contributed by atoms with Crippen LogP contribution >= 0.6 is 12.2 Å². The molecule has 0 aromatic heterocycles. The van der Waals surface area contributed by atoms with Gasteiger partial charge in [-0.25, -0.2) is 0 Å². The van der Waals surface area contributed by atoms with E-state index in [1.807, 2.05) is 13.8 Å². The number of nitrogens with one attached hydrogen (secondary N) is 2. The molecule has 0 heterocycles. The van der Waals surface area contributed by atoms with Crippen molar-refractivity contribution in [2.24, 2.45) is 0 Å². The fraction of sp³-hybridized carbons (Fsp3) is 0.222. The van der Waals surface area contributed by atoms with Gasteiger partial charge in [0.25, 0.3) is 17.3 Å². The minimum absolute atomic E-state index is 0.0292. The number of amides is 1. The molecule has 0 spiro atoms. The number of non-ortho nitro benzene ring substituents is 2. The second-order valence-corrected chi connectivity index (χ2v) is 6.43. The third-order valence-corrected chi connectivity index (χ3v) is 4.02. The van der Waals surface area contributed by atoms with Crippen molar-refractivity contribution < 1.29 is 19.4 Å². The van der Waals surface area contributed by atoms with Crippen LogP contribution in [0.4, 0.5) is 17.1 Å². The molecule has 0 saturated heterocycles. The predicted molar refractivity (Wildman–Crippen MR) is 110 cm³/mol. The van der Waals surface area contributed by atoms with Crippen LogP contribution in [-0.4, -0.2) is 27.0 Å². The third kappa shape index (κ3) is 6.21. The number of nitro groups is 2. The molecule has 0 aliphatic rings. The van der Waals surface area contributed by atoms with Crippen molar-refractivity contribution in [1.29, 1.82) is 0 Å². The van der Waals surface area contributed by atoms with E-state index in [1.165, 1.54) is 0 Å². The molecule has 2 aromatic carbocycles. The number of ether oxygens (including phenoxy) is 1. The lowest BCUT2D eigenvalue weighted by Crippen LogP contribution is -2.34. The van der Waals surface area contributed by atoms with Crippen LogP contribution in [0.1, 0.15) is 30.6 Å². The maximum atomic E-state index is 12.3. The van der Waals surface area contributed by atoms with Crippen molar-refractivity contribution in [2.45, 2.75) is 26.4 Å². The van der Waals surface area contributed by atoms with E-state index in [1.54, 1.807) is 24.3 Å². The number of thiocarbonyl (C=S) groups is 1. The first-order chi connectivity index (χ1) is 13.7. The molecule has 0 fully saturated rings. The van der Waals surface area contributed by atoms with Crippen LogP contribution in [0, 0.1) is 20.2 Å². The maximum Gasteiger partial charge on any atom is 0.277 e. The van der Waals surface area contributed by atoms with E-state index in [4.69, 9.17) is 17.0 Å². The van der Waals surface area contributed by atoms with Crippen LogP contribution in [0.3, 0.4) is 0 Å². The summed E-state index contributed by atoms with van der Waals surface area (Å²) in [5.74, 6) is -0.200. The van der Waals surface area contributed by atoms with Crippen molar-refractivity contribution in [3.8, 4) is 5.75 Å². The summed E-state index contributed by atoms with van der Waals surface area (Å²) in [5.41, 5.74) is -0.846. The van der Waals surface area contributed by atoms with E-state index >= 15 is 0 Å². The monoisotopic (exact) mass is 418 g/mol. The van der Waals surface area contributed by atoms with E-state index in [0.717, 1.165) is 24.6 Å². The lowest BCUT2D eigenvalue weighted by atomic mass is 10.1. The molecule has 29 heavy (non-hydrogen) atoms. The first-order valence-electron chi connectivity index (χ1n) is 8.52. The Morgan fingerprint density at radius 1 is 1.14 bits per heavy atom. The van der Waals surface area contributed by atoms with Gasteiger partial charge in [0.15, 0.2) is 5.11 Å². The van der Waals surface area contributed by atoms with Crippen molar-refractivity contribution in [3.05, 3.63) is 68.3 Å². The molecule has 10 nitrogen and oxygen atoms in total. The molecule has 2 rings (SSSR count). The lowest BCUT2D eigenvalue weighted by Gasteiger charge is -2.14. The zero-order valence-corrected chi connectivity index (χ0v) is 16.4. The van der Waals surface area contributed by atoms with Crippen molar-refractivity contribution in [3.63, 3.8) is 0 Å². The standard InChI is InChI=1S/C18H18N4O6S/c1-3-11(2)28-16-6-4-5-13(9-16)19-18(29)20-17(23)12-7-14(21(24)25)10-15(8-12)22(26)27/h4-11H,3H2,1-2H3,(H2,19,20,23,29). The summed E-state index contributed by atoms with van der Waals surface area (Å²) in [7, 11) is 0. The van der Waals surface area contributed by atoms with E-state index in [0.29, 0.717) is 11.4 Å². The van der Waals surface area contributed by atoms with Gasteiger partial charge in [0.05, 0.1) is 27.6 Å². The fourth-order valence-corrected chi connectivity index (χ4v) is 2.45. The zero-order chi connectivity index (χ0) is 21.6. The second-order valence-electron chi connectivity index (χ2n) is 6.03. The molecule has 1 unspecified atom stereocenters. The largest absolute Gasteiger partial charge is 0.491 e. The highest BCUT2D eigenvalue weighted by molar-refractivity contribution is 7.80. The Kier molecular flexibility index (Phi) is 7.15. The van der Waals surface area contributed by atoms with Gasteiger partial charge in [-0.15, -0.1) is 0 Å². The molecule has 0 radical (unpaired) electrons. The lowest BCUT2D eigenvalue weighted by molar-refractivity contribution is -0.394. The minimum Gasteiger partial charge on any atom is -0.491 e. The summed E-state index contributed by atoms with van der Waals surface area (Å²) in [6.45, 7) is 3.93. The van der Waals surface area contributed by atoms with Gasteiger partial charge in [0, 0.05) is 23.9 Å². The summed E-state index contributed by atoms with van der Waals surface area (Å²) in [6, 6.07) is 9.58.